The minimum Gasteiger partial charge on any atom is -0.411 e. The molecule has 0 spiro atoms. The Morgan fingerprint density at radius 3 is 2.63 bits per heavy atom. The highest BCUT2D eigenvalue weighted by molar-refractivity contribution is 5.96. The van der Waals surface area contributed by atoms with Crippen molar-refractivity contribution in [1.82, 2.24) is 0 Å². The standard InChI is InChI=1S/C24H37N3O3/c1-23-10-8-14(27-30-21-5-3-4-19(21)25)12-18(23)20(26-29)13-15-16-6-7-22(28)24(16,2)11-9-17(15)23/h15-19,21,29H,3-13,25H2,1-2H3/t15-,16-,17-,18?,19+,21+,23+,24-/m0/s1. The fraction of sp³-hybridized carbons (Fsp3) is 0.875. The van der Waals surface area contributed by atoms with Gasteiger partial charge in [-0.05, 0) is 87.4 Å². The average molecular weight is 416 g/mol. The summed E-state index contributed by atoms with van der Waals surface area (Å²) in [5.41, 5.74) is 8.10. The third-order valence-electron chi connectivity index (χ3n) is 9.98. The second-order valence-corrected chi connectivity index (χ2v) is 11.2. The second-order valence-electron chi connectivity index (χ2n) is 11.2. The number of ketones is 1. The number of fused-ring (bicyclic) bond motifs is 5. The van der Waals surface area contributed by atoms with Gasteiger partial charge in [0.1, 0.15) is 11.9 Å². The van der Waals surface area contributed by atoms with E-state index < -0.39 is 0 Å². The van der Waals surface area contributed by atoms with E-state index in [4.69, 9.17) is 10.6 Å². The molecule has 0 aromatic rings. The van der Waals surface area contributed by atoms with Crippen LogP contribution in [0.25, 0.3) is 0 Å². The molecule has 0 aromatic carbocycles. The topological polar surface area (TPSA) is 97.3 Å². The van der Waals surface area contributed by atoms with Crippen molar-refractivity contribution in [2.45, 2.75) is 96.6 Å². The van der Waals surface area contributed by atoms with Crippen LogP contribution in [0.1, 0.15) is 84.5 Å². The van der Waals surface area contributed by atoms with Gasteiger partial charge >= 0.3 is 0 Å². The van der Waals surface area contributed by atoms with Crippen molar-refractivity contribution < 1.29 is 14.8 Å². The Bertz CT molecular complexity index is 780. The number of Topliss-reactive ketones (excluding diaryl/α,β-unsaturated/α-hetero) is 1. The molecule has 166 valence electrons. The van der Waals surface area contributed by atoms with Crippen molar-refractivity contribution in [1.29, 1.82) is 0 Å². The molecule has 30 heavy (non-hydrogen) atoms. The van der Waals surface area contributed by atoms with Gasteiger partial charge in [0.15, 0.2) is 0 Å². The van der Waals surface area contributed by atoms with E-state index >= 15 is 0 Å². The Labute approximate surface area is 179 Å². The molecule has 5 fully saturated rings. The summed E-state index contributed by atoms with van der Waals surface area (Å²) in [6.45, 7) is 4.60. The molecule has 0 heterocycles. The van der Waals surface area contributed by atoms with Crippen molar-refractivity contribution in [2.24, 2.45) is 50.5 Å². The van der Waals surface area contributed by atoms with Crippen molar-refractivity contribution >= 4 is 17.2 Å². The third kappa shape index (κ3) is 2.96. The van der Waals surface area contributed by atoms with Crippen LogP contribution in [0.5, 0.6) is 0 Å². The maximum Gasteiger partial charge on any atom is 0.142 e. The SMILES string of the molecule is C[C@]12CCC(=NO[C@@H]3CCC[C@H]3N)CC1C(=NO)C[C@@H]1[C@@H]2CC[C@]2(C)C(=O)CC[C@@H]12. The molecule has 5 aliphatic rings. The first-order valence-corrected chi connectivity index (χ1v) is 12.1. The number of hydrogen-bond acceptors (Lipinski definition) is 6. The first-order chi connectivity index (χ1) is 14.4. The Hall–Kier alpha value is -1.43. The number of carbonyl (C=O) groups is 1. The zero-order chi connectivity index (χ0) is 21.1. The van der Waals surface area contributed by atoms with Crippen LogP contribution in [0.3, 0.4) is 0 Å². The van der Waals surface area contributed by atoms with Crippen LogP contribution in [0, 0.1) is 34.5 Å². The van der Waals surface area contributed by atoms with E-state index in [1.54, 1.807) is 0 Å². The van der Waals surface area contributed by atoms with Crippen molar-refractivity contribution in [2.75, 3.05) is 0 Å². The molecule has 0 saturated heterocycles. The number of nitrogens with two attached hydrogens (primary N) is 1. The lowest BCUT2D eigenvalue weighted by Gasteiger charge is -2.59. The van der Waals surface area contributed by atoms with E-state index in [0.717, 1.165) is 82.1 Å². The number of carbonyl (C=O) groups excluding carboxylic acids is 1. The molecular formula is C24H37N3O3. The Morgan fingerprint density at radius 2 is 1.90 bits per heavy atom. The van der Waals surface area contributed by atoms with Gasteiger partial charge in [-0.2, -0.15) is 0 Å². The largest absolute Gasteiger partial charge is 0.411 e. The summed E-state index contributed by atoms with van der Waals surface area (Å²) in [6.07, 6.45) is 10.7. The second kappa shape index (κ2) is 7.32. The third-order valence-corrected chi connectivity index (χ3v) is 9.98. The fourth-order valence-electron chi connectivity index (χ4n) is 8.07. The summed E-state index contributed by atoms with van der Waals surface area (Å²) in [6, 6.07) is 0.0962. The molecule has 0 aromatic heterocycles. The molecule has 5 saturated carbocycles. The summed E-state index contributed by atoms with van der Waals surface area (Å²) in [5, 5.41) is 18.3. The first-order valence-electron chi connectivity index (χ1n) is 12.1. The van der Waals surface area contributed by atoms with Crippen LogP contribution < -0.4 is 5.73 Å². The maximum atomic E-state index is 12.6. The lowest BCUT2D eigenvalue weighted by molar-refractivity contribution is -0.133. The molecule has 8 atom stereocenters. The highest BCUT2D eigenvalue weighted by Gasteiger charge is 2.61. The van der Waals surface area contributed by atoms with Crippen LogP contribution in [0.4, 0.5) is 0 Å². The molecule has 6 nitrogen and oxygen atoms in total. The van der Waals surface area contributed by atoms with Crippen molar-refractivity contribution in [3.05, 3.63) is 0 Å². The number of rotatable bonds is 2. The normalized spacial score (nSPS) is 51.0. The summed E-state index contributed by atoms with van der Waals surface area (Å²) < 4.78 is 0. The Kier molecular flexibility index (Phi) is 4.99. The Balaban J connectivity index is 1.37. The summed E-state index contributed by atoms with van der Waals surface area (Å²) in [5.74, 6) is 2.19. The minimum absolute atomic E-state index is 0.0449. The van der Waals surface area contributed by atoms with E-state index in [2.05, 4.69) is 24.2 Å². The average Bonchev–Trinajstić information content (AvgIpc) is 3.28. The quantitative estimate of drug-likeness (QED) is 0.519. The van der Waals surface area contributed by atoms with Gasteiger partial charge in [-0.15, -0.1) is 0 Å². The zero-order valence-electron chi connectivity index (χ0n) is 18.5. The maximum absolute atomic E-state index is 12.6. The van der Waals surface area contributed by atoms with Crippen LogP contribution in [-0.4, -0.2) is 34.6 Å². The highest BCUT2D eigenvalue weighted by Crippen LogP contribution is 2.64. The van der Waals surface area contributed by atoms with Crippen LogP contribution >= 0.6 is 0 Å². The van der Waals surface area contributed by atoms with Crippen molar-refractivity contribution in [3.8, 4) is 0 Å². The first kappa shape index (κ1) is 20.5. The van der Waals surface area contributed by atoms with E-state index in [1.807, 2.05) is 0 Å². The van der Waals surface area contributed by atoms with E-state index in [1.165, 1.54) is 0 Å². The van der Waals surface area contributed by atoms with Gasteiger partial charge in [0.05, 0.1) is 11.4 Å². The van der Waals surface area contributed by atoms with Gasteiger partial charge in [0.25, 0.3) is 0 Å². The molecule has 1 unspecified atom stereocenters. The van der Waals surface area contributed by atoms with Crippen LogP contribution in [0.2, 0.25) is 0 Å². The van der Waals surface area contributed by atoms with Crippen LogP contribution in [0.15, 0.2) is 10.3 Å². The van der Waals surface area contributed by atoms with E-state index in [0.29, 0.717) is 23.5 Å². The van der Waals surface area contributed by atoms with Crippen LogP contribution in [-0.2, 0) is 9.63 Å². The molecule has 5 aliphatic carbocycles. The molecule has 6 heteroatoms. The van der Waals surface area contributed by atoms with Gasteiger partial charge < -0.3 is 15.8 Å². The van der Waals surface area contributed by atoms with Gasteiger partial charge in [-0.1, -0.05) is 24.2 Å². The predicted molar refractivity (Wildman–Crippen MR) is 115 cm³/mol. The summed E-state index contributed by atoms with van der Waals surface area (Å²) in [4.78, 5) is 18.5. The smallest absolute Gasteiger partial charge is 0.142 e. The Morgan fingerprint density at radius 1 is 1.07 bits per heavy atom. The lowest BCUT2D eigenvalue weighted by atomic mass is 9.45. The summed E-state index contributed by atoms with van der Waals surface area (Å²) >= 11 is 0. The molecule has 0 aliphatic heterocycles. The number of nitrogens with zero attached hydrogens (tertiary/aromatic N) is 2. The zero-order valence-corrected chi connectivity index (χ0v) is 18.5. The lowest BCUT2D eigenvalue weighted by Crippen LogP contribution is -2.56. The number of oxime groups is 2. The van der Waals surface area contributed by atoms with Gasteiger partial charge in [0.2, 0.25) is 0 Å². The molecule has 0 bridgehead atoms. The van der Waals surface area contributed by atoms with Gasteiger partial charge in [-0.3, -0.25) is 4.79 Å². The van der Waals surface area contributed by atoms with E-state index in [9.17, 15) is 10.0 Å². The molecule has 0 radical (unpaired) electrons. The van der Waals surface area contributed by atoms with Gasteiger partial charge in [-0.25, -0.2) is 0 Å². The molecule has 3 N–H and O–H groups in total. The number of hydrogen-bond donors (Lipinski definition) is 2. The monoisotopic (exact) mass is 415 g/mol. The predicted octanol–water partition coefficient (Wildman–Crippen LogP) is 4.29. The van der Waals surface area contributed by atoms with Gasteiger partial charge in [0, 0.05) is 23.8 Å². The molecule has 5 rings (SSSR count). The minimum atomic E-state index is -0.153. The van der Waals surface area contributed by atoms with E-state index in [-0.39, 0.29) is 28.9 Å². The molecular weight excluding hydrogens is 378 g/mol. The highest BCUT2D eigenvalue weighted by atomic mass is 16.6. The summed E-state index contributed by atoms with van der Waals surface area (Å²) in [7, 11) is 0. The molecule has 0 amide bonds. The fourth-order valence-corrected chi connectivity index (χ4v) is 8.07. The van der Waals surface area contributed by atoms with Crippen molar-refractivity contribution in [3.63, 3.8) is 0 Å².